The van der Waals surface area contributed by atoms with Crippen LogP contribution in [0.2, 0.25) is 0 Å². The predicted octanol–water partition coefficient (Wildman–Crippen LogP) is 6.65. The summed E-state index contributed by atoms with van der Waals surface area (Å²) < 4.78 is 22.5. The van der Waals surface area contributed by atoms with Gasteiger partial charge in [-0.25, -0.2) is 4.39 Å². The standard InChI is InChI=1S/C31H33FN2O3/c1-17-9-23(3-4-26(17)32)34-27-11-24-18(2)33-16-20(24)10-25(27)28(29(34)19-5-7-37-8-6-19)21-12-31(13-21)14-22(15-31)30(35)36/h3-4,9-11,19,21-22H,5-8,12-16H2,1-2H3,(H,35,36). The first-order chi connectivity index (χ1) is 17.8. The van der Waals surface area contributed by atoms with Crippen molar-refractivity contribution >= 4 is 22.6 Å². The van der Waals surface area contributed by atoms with E-state index in [0.717, 1.165) is 69.7 Å². The van der Waals surface area contributed by atoms with Gasteiger partial charge in [-0.15, -0.1) is 0 Å². The van der Waals surface area contributed by atoms with E-state index in [4.69, 9.17) is 9.73 Å². The van der Waals surface area contributed by atoms with Gasteiger partial charge in [0.15, 0.2) is 0 Å². The number of halogens is 1. The van der Waals surface area contributed by atoms with Crippen LogP contribution in [0.3, 0.4) is 0 Å². The number of aliphatic imine (C=N–C) groups is 1. The van der Waals surface area contributed by atoms with E-state index >= 15 is 0 Å². The molecule has 4 aliphatic rings. The van der Waals surface area contributed by atoms with E-state index in [9.17, 15) is 14.3 Å². The Labute approximate surface area is 216 Å². The molecular formula is C31H33FN2O3. The van der Waals surface area contributed by atoms with Crippen molar-refractivity contribution in [3.63, 3.8) is 0 Å². The van der Waals surface area contributed by atoms with Crippen molar-refractivity contribution in [2.75, 3.05) is 13.2 Å². The highest BCUT2D eigenvalue weighted by atomic mass is 19.1. The summed E-state index contributed by atoms with van der Waals surface area (Å²) in [6.45, 7) is 6.15. The Morgan fingerprint density at radius 1 is 1.08 bits per heavy atom. The largest absolute Gasteiger partial charge is 0.481 e. The maximum atomic E-state index is 14.3. The molecule has 6 heteroatoms. The van der Waals surface area contributed by atoms with Crippen LogP contribution in [-0.2, 0) is 16.1 Å². The Hall–Kier alpha value is -2.99. The van der Waals surface area contributed by atoms with E-state index in [-0.39, 0.29) is 17.2 Å². The number of rotatable bonds is 4. The van der Waals surface area contributed by atoms with Gasteiger partial charge in [0.2, 0.25) is 0 Å². The Bertz CT molecular complexity index is 1470. The second kappa shape index (κ2) is 8.26. The van der Waals surface area contributed by atoms with Crippen molar-refractivity contribution in [2.24, 2.45) is 16.3 Å². The van der Waals surface area contributed by atoms with Crippen LogP contribution >= 0.6 is 0 Å². The van der Waals surface area contributed by atoms with Crippen molar-refractivity contribution in [2.45, 2.75) is 70.8 Å². The van der Waals surface area contributed by atoms with Gasteiger partial charge in [-0.3, -0.25) is 9.79 Å². The molecule has 2 aromatic carbocycles. The minimum Gasteiger partial charge on any atom is -0.481 e. The van der Waals surface area contributed by atoms with Crippen LogP contribution in [0.1, 0.15) is 85.2 Å². The van der Waals surface area contributed by atoms with Gasteiger partial charge < -0.3 is 14.4 Å². The number of aliphatic carboxylic acids is 1. The SMILES string of the molecule is CC1=NCc2cc3c(C4CC5(CC(C(=O)O)C5)C4)c(C4CCOCC4)n(-c4ccc(F)c(C)c4)c3cc21. The fourth-order valence-electron chi connectivity index (χ4n) is 7.71. The number of hydrogen-bond acceptors (Lipinski definition) is 3. The highest BCUT2D eigenvalue weighted by molar-refractivity contribution is 6.06. The Morgan fingerprint density at radius 3 is 2.54 bits per heavy atom. The zero-order valence-electron chi connectivity index (χ0n) is 21.5. The third-order valence-corrected chi connectivity index (χ3v) is 9.63. The van der Waals surface area contributed by atoms with Crippen molar-refractivity contribution < 1.29 is 19.0 Å². The number of nitrogens with zero attached hydrogens (tertiary/aromatic N) is 2. The predicted molar refractivity (Wildman–Crippen MR) is 141 cm³/mol. The van der Waals surface area contributed by atoms with E-state index in [0.29, 0.717) is 17.4 Å². The molecule has 37 heavy (non-hydrogen) atoms. The van der Waals surface area contributed by atoms with E-state index in [1.54, 1.807) is 6.07 Å². The molecule has 0 amide bonds. The molecule has 1 saturated heterocycles. The lowest BCUT2D eigenvalue weighted by Crippen LogP contribution is -2.49. The van der Waals surface area contributed by atoms with Gasteiger partial charge >= 0.3 is 5.97 Å². The number of aromatic nitrogens is 1. The molecule has 7 rings (SSSR count). The second-order valence-corrected chi connectivity index (χ2v) is 11.9. The molecule has 2 aliphatic heterocycles. The van der Waals surface area contributed by atoms with Crippen LogP contribution in [0.15, 0.2) is 35.3 Å². The van der Waals surface area contributed by atoms with Crippen molar-refractivity contribution in [1.29, 1.82) is 0 Å². The molecule has 5 nitrogen and oxygen atoms in total. The fraction of sp³-hybridized carbons (Fsp3) is 0.484. The quantitative estimate of drug-likeness (QED) is 0.436. The number of aryl methyl sites for hydroxylation is 1. The molecular weight excluding hydrogens is 467 g/mol. The maximum absolute atomic E-state index is 14.3. The molecule has 0 atom stereocenters. The summed E-state index contributed by atoms with van der Waals surface area (Å²) in [5.41, 5.74) is 9.38. The molecule has 1 aromatic heterocycles. The molecule has 3 aromatic rings. The van der Waals surface area contributed by atoms with Crippen LogP contribution in [0, 0.1) is 24.1 Å². The summed E-state index contributed by atoms with van der Waals surface area (Å²) in [5, 5.41) is 10.7. The number of carboxylic acids is 1. The summed E-state index contributed by atoms with van der Waals surface area (Å²) in [5.74, 6) is -0.222. The van der Waals surface area contributed by atoms with E-state index in [1.807, 2.05) is 19.1 Å². The molecule has 2 aliphatic carbocycles. The number of benzene rings is 2. The Balaban J connectivity index is 1.42. The van der Waals surface area contributed by atoms with Crippen LogP contribution in [0.25, 0.3) is 16.6 Å². The first kappa shape index (κ1) is 23.2. The zero-order valence-corrected chi connectivity index (χ0v) is 21.5. The normalized spacial score (nSPS) is 27.2. The van der Waals surface area contributed by atoms with Crippen molar-refractivity contribution in [3.05, 3.63) is 64.1 Å². The zero-order chi connectivity index (χ0) is 25.5. The summed E-state index contributed by atoms with van der Waals surface area (Å²) in [6, 6.07) is 10.1. The van der Waals surface area contributed by atoms with E-state index < -0.39 is 5.97 Å². The van der Waals surface area contributed by atoms with Gasteiger partial charge in [-0.1, -0.05) is 0 Å². The molecule has 192 valence electrons. The van der Waals surface area contributed by atoms with Crippen molar-refractivity contribution in [3.8, 4) is 5.69 Å². The molecule has 2 saturated carbocycles. The number of ether oxygens (including phenoxy) is 1. The fourth-order valence-corrected chi connectivity index (χ4v) is 7.71. The topological polar surface area (TPSA) is 63.8 Å². The summed E-state index contributed by atoms with van der Waals surface area (Å²) in [4.78, 5) is 16.2. The molecule has 1 N–H and O–H groups in total. The van der Waals surface area contributed by atoms with Gasteiger partial charge in [0.05, 0.1) is 18.0 Å². The average molecular weight is 501 g/mol. The summed E-state index contributed by atoms with van der Waals surface area (Å²) >= 11 is 0. The highest BCUT2D eigenvalue weighted by Crippen LogP contribution is 2.65. The smallest absolute Gasteiger partial charge is 0.306 e. The van der Waals surface area contributed by atoms with Crippen LogP contribution in [0.4, 0.5) is 4.39 Å². The van der Waals surface area contributed by atoms with Crippen LogP contribution in [0.5, 0.6) is 0 Å². The van der Waals surface area contributed by atoms with Crippen molar-refractivity contribution in [1.82, 2.24) is 4.57 Å². The number of fused-ring (bicyclic) bond motifs is 2. The Kier molecular flexibility index (Phi) is 5.17. The maximum Gasteiger partial charge on any atom is 0.306 e. The van der Waals surface area contributed by atoms with E-state index in [2.05, 4.69) is 23.6 Å². The first-order valence-electron chi connectivity index (χ1n) is 13.6. The minimum absolute atomic E-state index is 0.178. The summed E-state index contributed by atoms with van der Waals surface area (Å²) in [7, 11) is 0. The van der Waals surface area contributed by atoms with E-state index in [1.165, 1.54) is 33.3 Å². The lowest BCUT2D eigenvalue weighted by molar-refractivity contribution is -0.155. The minimum atomic E-state index is -0.647. The molecule has 0 bridgehead atoms. The van der Waals surface area contributed by atoms with Gasteiger partial charge in [-0.2, -0.15) is 0 Å². The monoisotopic (exact) mass is 500 g/mol. The van der Waals surface area contributed by atoms with Gasteiger partial charge in [0.25, 0.3) is 0 Å². The Morgan fingerprint density at radius 2 is 1.84 bits per heavy atom. The highest BCUT2D eigenvalue weighted by Gasteiger charge is 2.56. The molecule has 0 radical (unpaired) electrons. The number of hydrogen-bond donors (Lipinski definition) is 1. The lowest BCUT2D eigenvalue weighted by Gasteiger charge is -2.57. The number of carbonyl (C=O) groups is 1. The van der Waals surface area contributed by atoms with Gasteiger partial charge in [0.1, 0.15) is 5.82 Å². The molecule has 3 heterocycles. The molecule has 0 unspecified atom stereocenters. The van der Waals surface area contributed by atoms with Gasteiger partial charge in [0, 0.05) is 47.2 Å². The molecule has 1 spiro atoms. The number of carboxylic acid groups (broad SMARTS) is 1. The third-order valence-electron chi connectivity index (χ3n) is 9.63. The van der Waals surface area contributed by atoms with Crippen LogP contribution in [-0.4, -0.2) is 34.6 Å². The first-order valence-corrected chi connectivity index (χ1v) is 13.6. The third kappa shape index (κ3) is 3.52. The van der Waals surface area contributed by atoms with Gasteiger partial charge in [-0.05, 0) is 111 Å². The molecule has 3 fully saturated rings. The van der Waals surface area contributed by atoms with Crippen LogP contribution < -0.4 is 0 Å². The lowest BCUT2D eigenvalue weighted by atomic mass is 9.47. The summed E-state index contributed by atoms with van der Waals surface area (Å²) in [6.07, 6.45) is 5.68. The average Bonchev–Trinajstić information content (AvgIpc) is 3.36. The second-order valence-electron chi connectivity index (χ2n) is 11.9.